The van der Waals surface area contributed by atoms with E-state index in [9.17, 15) is 33.8 Å². The quantitative estimate of drug-likeness (QED) is 0.0556. The fourth-order valence-electron chi connectivity index (χ4n) is 13.1. The molecule has 1 aromatic carbocycles. The van der Waals surface area contributed by atoms with Crippen LogP contribution in [-0.2, 0) is 33.1 Å². The molecule has 75 heavy (non-hydrogen) atoms. The van der Waals surface area contributed by atoms with Gasteiger partial charge in [-0.1, -0.05) is 6.58 Å². The van der Waals surface area contributed by atoms with Crippen molar-refractivity contribution in [1.82, 2.24) is 24.8 Å². The number of primary amides is 1. The second-order valence-corrected chi connectivity index (χ2v) is 24.0. The van der Waals surface area contributed by atoms with E-state index in [-0.39, 0.29) is 47.9 Å². The fourth-order valence-corrected chi connectivity index (χ4v) is 15.3. The number of piperidine rings is 2. The molecule has 1 saturated carbocycles. The second-order valence-electron chi connectivity index (χ2n) is 21.8. The average Bonchev–Trinajstić information content (AvgIpc) is 3.78. The van der Waals surface area contributed by atoms with Gasteiger partial charge in [0.15, 0.2) is 11.5 Å². The van der Waals surface area contributed by atoms with Crippen molar-refractivity contribution in [3.05, 3.63) is 87.6 Å². The van der Waals surface area contributed by atoms with Gasteiger partial charge in [0, 0.05) is 91.5 Å². The van der Waals surface area contributed by atoms with Crippen molar-refractivity contribution >= 4 is 71.3 Å². The van der Waals surface area contributed by atoms with E-state index in [1.807, 2.05) is 34.2 Å². The number of aryl methyl sites for hydroxylation is 1. The summed E-state index contributed by atoms with van der Waals surface area (Å²) in [5.41, 5.74) is 11.7. The van der Waals surface area contributed by atoms with Crippen molar-refractivity contribution in [1.29, 1.82) is 0 Å². The lowest BCUT2D eigenvalue weighted by Gasteiger charge is -2.48. The van der Waals surface area contributed by atoms with E-state index in [0.717, 1.165) is 119 Å². The molecule has 3 aromatic heterocycles. The highest BCUT2D eigenvalue weighted by Gasteiger charge is 2.43. The van der Waals surface area contributed by atoms with E-state index >= 15 is 0 Å². The molecule has 4 aromatic rings. The van der Waals surface area contributed by atoms with Gasteiger partial charge in [-0.15, -0.1) is 11.3 Å². The fraction of sp³-hybridized carbons (Fsp3) is 0.556. The lowest BCUT2D eigenvalue weighted by Crippen LogP contribution is -2.60. The molecule has 4 aliphatic heterocycles. The Balaban J connectivity index is 0.804. The standard InChI is InChI=1S/C54H72N11O8PS/c1-5-48(67)59-42-28-36(58-52-49(51(55)68)57-30-47(60-52)64-22-8-10-44(45(64)32-66)65-24-18-40-39-9-6-7-11-46(39)75-50(40)53(65)69)12-13-43(42)63-26-25-61(31-34(63)3)37-17-23-62(33(2)27-37)38-16-21-56-41(29-38)35-14-19-54(4,20-15-35)73-74(70,71)72/h5,12-13,16,21,28-30,33-35,37,44-45,66H,1,6-11,14-15,17-20,22-27,31-32H2,2-4H3,(H2,55,68)(H,58,60)(H,59,67)(H2,70,71,72)/t33-,34+,35?,37?,44?,45?,54?/m1/s1. The number of nitrogens with two attached hydrogens (primary N) is 1. The molecule has 21 heteroatoms. The van der Waals surface area contributed by atoms with Crippen LogP contribution in [0.25, 0.3) is 0 Å². The third-order valence-corrected chi connectivity index (χ3v) is 18.9. The van der Waals surface area contributed by atoms with Crippen LogP contribution in [0.1, 0.15) is 133 Å². The molecule has 5 atom stereocenters. The summed E-state index contributed by atoms with van der Waals surface area (Å²) in [5.74, 6) is -0.316. The van der Waals surface area contributed by atoms with Crippen LogP contribution in [0, 0.1) is 0 Å². The van der Waals surface area contributed by atoms with Gasteiger partial charge in [0.2, 0.25) is 5.91 Å². The minimum absolute atomic E-state index is 0.0468. The molecular formula is C54H72N11O8PS. The summed E-state index contributed by atoms with van der Waals surface area (Å²) < 4.78 is 16.8. The number of nitrogens with one attached hydrogen (secondary N) is 2. The van der Waals surface area contributed by atoms with Crippen molar-refractivity contribution < 1.29 is 38.4 Å². The van der Waals surface area contributed by atoms with E-state index in [4.69, 9.17) is 20.2 Å². The molecular weight excluding hydrogens is 994 g/mol. The topological polar surface area (TPSA) is 243 Å². The Bertz CT molecular complexity index is 2850. The normalized spacial score (nSPS) is 26.6. The molecule has 3 saturated heterocycles. The van der Waals surface area contributed by atoms with Crippen LogP contribution >= 0.6 is 19.2 Å². The highest BCUT2D eigenvalue weighted by molar-refractivity contribution is 7.46. The summed E-state index contributed by atoms with van der Waals surface area (Å²) in [5, 5.41) is 17.3. The summed E-state index contributed by atoms with van der Waals surface area (Å²) in [6, 6.07) is 10.0. The number of aliphatic hydroxyl groups excluding tert-OH is 1. The molecule has 4 fully saturated rings. The van der Waals surface area contributed by atoms with Crippen LogP contribution in [0.15, 0.2) is 55.4 Å². The number of nitrogens with zero attached hydrogens (tertiary/aromatic N) is 8. The van der Waals surface area contributed by atoms with Gasteiger partial charge in [0.1, 0.15) is 5.82 Å². The first kappa shape index (κ1) is 52.9. The maximum absolute atomic E-state index is 14.2. The Morgan fingerprint density at radius 1 is 0.933 bits per heavy atom. The number of fused-ring (bicyclic) bond motifs is 3. The first-order valence-corrected chi connectivity index (χ1v) is 29.2. The number of rotatable bonds is 14. The summed E-state index contributed by atoms with van der Waals surface area (Å²) in [4.78, 5) is 86.6. The number of carbonyl (C=O) groups excluding carboxylic acids is 3. The summed E-state index contributed by atoms with van der Waals surface area (Å²) in [7, 11) is -4.58. The van der Waals surface area contributed by atoms with Gasteiger partial charge in [0.05, 0.1) is 46.7 Å². The third-order valence-electron chi connectivity index (χ3n) is 16.9. The minimum atomic E-state index is -4.58. The molecule has 6 aliphatic rings. The van der Waals surface area contributed by atoms with E-state index in [2.05, 4.69) is 62.9 Å². The second kappa shape index (κ2) is 21.9. The van der Waals surface area contributed by atoms with Crippen LogP contribution in [-0.4, -0.2) is 139 Å². The molecule has 0 spiro atoms. The zero-order valence-corrected chi connectivity index (χ0v) is 45.0. The van der Waals surface area contributed by atoms with Gasteiger partial charge in [-0.05, 0) is 152 Å². The number of carbonyl (C=O) groups is 3. The van der Waals surface area contributed by atoms with Crippen molar-refractivity contribution in [2.75, 3.05) is 71.2 Å². The third kappa shape index (κ3) is 11.2. The molecule has 7 N–H and O–H groups in total. The summed E-state index contributed by atoms with van der Waals surface area (Å²) in [6.45, 7) is 14.2. The summed E-state index contributed by atoms with van der Waals surface area (Å²) >= 11 is 1.66. The molecule has 402 valence electrons. The number of pyridine rings is 1. The first-order valence-electron chi connectivity index (χ1n) is 26.8. The predicted molar refractivity (Wildman–Crippen MR) is 291 cm³/mol. The zero-order valence-electron chi connectivity index (χ0n) is 43.3. The lowest BCUT2D eigenvalue weighted by atomic mass is 9.78. The van der Waals surface area contributed by atoms with Crippen molar-refractivity contribution in [2.24, 2.45) is 5.73 Å². The van der Waals surface area contributed by atoms with Crippen molar-refractivity contribution in [2.45, 2.75) is 146 Å². The number of phosphoric ester groups is 1. The molecule has 0 bridgehead atoms. The van der Waals surface area contributed by atoms with Crippen molar-refractivity contribution in [3.8, 4) is 0 Å². The number of aromatic nitrogens is 3. The number of thiophene rings is 1. The monoisotopic (exact) mass is 1070 g/mol. The Labute approximate surface area is 443 Å². The lowest BCUT2D eigenvalue weighted by molar-refractivity contribution is -0.111. The Hall–Kier alpha value is -5.47. The number of hydrogen-bond acceptors (Lipinski definition) is 15. The smallest absolute Gasteiger partial charge is 0.394 e. The van der Waals surface area contributed by atoms with Gasteiger partial charge in [-0.2, -0.15) is 0 Å². The molecule has 10 rings (SSSR count). The number of hydrogen-bond donors (Lipinski definition) is 6. The number of anilines is 6. The van der Waals surface area contributed by atoms with Crippen LogP contribution in [0.2, 0.25) is 0 Å². The van der Waals surface area contributed by atoms with E-state index in [0.29, 0.717) is 55.2 Å². The van der Waals surface area contributed by atoms with Gasteiger partial charge in [-0.3, -0.25) is 28.8 Å². The SMILES string of the molecule is C=CC(=O)Nc1cc(Nc2nc(N3CCCC(N4CCc5c(sc6c5CCCC6)C4=O)C3CO)cnc2C(N)=O)ccc1N1CCN(C2CCN(c3ccnc(C4CCC(C)(OP(=O)(O)O)CC4)c3)[C@H](C)C2)C[C@@H]1C. The van der Waals surface area contributed by atoms with Crippen LogP contribution in [0.5, 0.6) is 0 Å². The summed E-state index contributed by atoms with van der Waals surface area (Å²) in [6.07, 6.45) is 15.9. The van der Waals surface area contributed by atoms with E-state index in [1.165, 1.54) is 28.3 Å². The predicted octanol–water partition coefficient (Wildman–Crippen LogP) is 6.90. The Kier molecular flexibility index (Phi) is 15.4. The number of phosphoric acid groups is 1. The zero-order chi connectivity index (χ0) is 52.8. The molecule has 7 heterocycles. The number of amides is 3. The van der Waals surface area contributed by atoms with Gasteiger partial charge >= 0.3 is 7.82 Å². The molecule has 2 aliphatic carbocycles. The van der Waals surface area contributed by atoms with Crippen LogP contribution < -0.4 is 31.1 Å². The van der Waals surface area contributed by atoms with Gasteiger partial charge in [-0.25, -0.2) is 14.5 Å². The highest BCUT2D eigenvalue weighted by Crippen LogP contribution is 2.49. The minimum Gasteiger partial charge on any atom is -0.394 e. The largest absolute Gasteiger partial charge is 0.470 e. The molecule has 3 unspecified atom stereocenters. The average molecular weight is 1070 g/mol. The van der Waals surface area contributed by atoms with E-state index < -0.39 is 25.4 Å². The maximum Gasteiger partial charge on any atom is 0.470 e. The highest BCUT2D eigenvalue weighted by atomic mass is 32.1. The maximum atomic E-state index is 14.2. The molecule has 0 radical (unpaired) electrons. The van der Waals surface area contributed by atoms with Crippen LogP contribution in [0.3, 0.4) is 0 Å². The number of piperazine rings is 1. The molecule has 3 amide bonds. The Morgan fingerprint density at radius 2 is 1.73 bits per heavy atom. The van der Waals surface area contributed by atoms with E-state index in [1.54, 1.807) is 18.3 Å². The molecule has 19 nitrogen and oxygen atoms in total. The first-order chi connectivity index (χ1) is 36.0. The van der Waals surface area contributed by atoms with Gasteiger partial charge in [0.25, 0.3) is 11.8 Å². The van der Waals surface area contributed by atoms with Crippen molar-refractivity contribution in [3.63, 3.8) is 0 Å². The van der Waals surface area contributed by atoms with Gasteiger partial charge < -0.3 is 50.9 Å². The number of benzene rings is 1. The number of aliphatic hydroxyl groups is 1. The Morgan fingerprint density at radius 3 is 2.47 bits per heavy atom. The van der Waals surface area contributed by atoms with Crippen LogP contribution in [0.4, 0.5) is 34.4 Å².